The Balaban J connectivity index is 1.58. The van der Waals surface area contributed by atoms with E-state index in [1.165, 1.54) is 7.11 Å². The molecule has 0 aliphatic rings. The normalized spacial score (nSPS) is 11.3. The lowest BCUT2D eigenvalue weighted by Gasteiger charge is -2.21. The fourth-order valence-electron chi connectivity index (χ4n) is 5.32. The van der Waals surface area contributed by atoms with Crippen molar-refractivity contribution in [1.82, 2.24) is 0 Å². The van der Waals surface area contributed by atoms with Gasteiger partial charge in [0.25, 0.3) is 0 Å². The molecule has 0 saturated heterocycles. The predicted molar refractivity (Wildman–Crippen MR) is 162 cm³/mol. The highest BCUT2D eigenvalue weighted by Crippen LogP contribution is 2.44. The maximum Gasteiger partial charge on any atom is 0.344 e. The summed E-state index contributed by atoms with van der Waals surface area (Å²) >= 11 is 0. The lowest BCUT2D eigenvalue weighted by molar-refractivity contribution is 0.284. The Morgan fingerprint density at radius 3 is 1.79 bits per heavy atom. The molecule has 0 bridgehead atoms. The molecule has 8 heteroatoms. The van der Waals surface area contributed by atoms with Crippen LogP contribution in [-0.4, -0.2) is 17.3 Å². The molecule has 0 saturated carbocycles. The van der Waals surface area contributed by atoms with Crippen LogP contribution in [0.3, 0.4) is 0 Å². The lowest BCUT2D eigenvalue weighted by atomic mass is 9.84. The number of benzene rings is 4. The molecule has 2 heterocycles. The number of ether oxygens (including phenoxy) is 2. The Bertz CT molecular complexity index is 2000. The smallest absolute Gasteiger partial charge is 0.344 e. The van der Waals surface area contributed by atoms with Gasteiger partial charge in [0, 0.05) is 0 Å². The van der Waals surface area contributed by atoms with E-state index in [4.69, 9.17) is 18.3 Å². The van der Waals surface area contributed by atoms with Gasteiger partial charge in [-0.05, 0) is 72.5 Å². The first-order chi connectivity index (χ1) is 20.7. The number of aromatic hydroxyl groups is 2. The SMILES string of the molecule is COc1cc(C(c2c(O)c3ccc(C)cc3oc2=O)c2c(O)c3ccc(C)cc3oc2=O)ccc1OCc1ccccc1. The number of methoxy groups -OCH3 is 1. The molecule has 4 aromatic carbocycles. The topological polar surface area (TPSA) is 119 Å². The summed E-state index contributed by atoms with van der Waals surface area (Å²) in [7, 11) is 1.47. The molecule has 0 radical (unpaired) electrons. The van der Waals surface area contributed by atoms with Gasteiger partial charge in [-0.3, -0.25) is 0 Å². The fourth-order valence-corrected chi connectivity index (χ4v) is 5.32. The highest BCUT2D eigenvalue weighted by molar-refractivity contribution is 5.87. The molecule has 6 aromatic rings. The fraction of sp³-hybridized carbons (Fsp3) is 0.143. The summed E-state index contributed by atoms with van der Waals surface area (Å²) in [5.74, 6) is -1.30. The molecule has 0 spiro atoms. The Kier molecular flexibility index (Phi) is 7.11. The number of hydrogen-bond donors (Lipinski definition) is 2. The summed E-state index contributed by atoms with van der Waals surface area (Å²) < 4.78 is 22.9. The quantitative estimate of drug-likeness (QED) is 0.202. The summed E-state index contributed by atoms with van der Waals surface area (Å²) in [6.07, 6.45) is 0. The maximum atomic E-state index is 13.6. The number of aryl methyl sites for hydroxylation is 2. The minimum absolute atomic E-state index is 0.192. The van der Waals surface area contributed by atoms with E-state index in [0.29, 0.717) is 17.1 Å². The average Bonchev–Trinajstić information content (AvgIpc) is 2.99. The highest BCUT2D eigenvalue weighted by atomic mass is 16.5. The van der Waals surface area contributed by atoms with E-state index in [9.17, 15) is 19.8 Å². The maximum absolute atomic E-state index is 13.6. The van der Waals surface area contributed by atoms with Gasteiger partial charge in [-0.1, -0.05) is 48.5 Å². The van der Waals surface area contributed by atoms with Gasteiger partial charge in [0.15, 0.2) is 11.5 Å². The summed E-state index contributed by atoms with van der Waals surface area (Å²) in [5.41, 5.74) is 1.15. The molecule has 0 unspecified atom stereocenters. The first-order valence-corrected chi connectivity index (χ1v) is 13.6. The van der Waals surface area contributed by atoms with Crippen molar-refractivity contribution in [2.24, 2.45) is 0 Å². The summed E-state index contributed by atoms with van der Waals surface area (Å²) in [6, 6.07) is 24.6. The van der Waals surface area contributed by atoms with Gasteiger partial charge in [-0.2, -0.15) is 0 Å². The van der Waals surface area contributed by atoms with Crippen molar-refractivity contribution in [1.29, 1.82) is 0 Å². The Morgan fingerprint density at radius 1 is 0.698 bits per heavy atom. The van der Waals surface area contributed by atoms with E-state index in [0.717, 1.165) is 16.7 Å². The van der Waals surface area contributed by atoms with Crippen LogP contribution >= 0.6 is 0 Å². The zero-order chi connectivity index (χ0) is 30.2. The molecule has 2 N–H and O–H groups in total. The minimum Gasteiger partial charge on any atom is -0.507 e. The van der Waals surface area contributed by atoms with Crippen LogP contribution in [0, 0.1) is 13.8 Å². The third-order valence-corrected chi connectivity index (χ3v) is 7.48. The summed E-state index contributed by atoms with van der Waals surface area (Å²) in [5, 5.41) is 23.6. The van der Waals surface area contributed by atoms with Crippen molar-refractivity contribution < 1.29 is 28.5 Å². The van der Waals surface area contributed by atoms with E-state index in [-0.39, 0.29) is 51.2 Å². The molecular formula is C35H28O8. The monoisotopic (exact) mass is 576 g/mol. The number of fused-ring (bicyclic) bond motifs is 2. The summed E-state index contributed by atoms with van der Waals surface area (Å²) in [4.78, 5) is 27.1. The minimum atomic E-state index is -1.29. The van der Waals surface area contributed by atoms with Gasteiger partial charge < -0.3 is 28.5 Å². The van der Waals surface area contributed by atoms with E-state index in [1.807, 2.05) is 44.2 Å². The second-order valence-corrected chi connectivity index (χ2v) is 10.4. The second kappa shape index (κ2) is 11.1. The van der Waals surface area contributed by atoms with Crippen molar-refractivity contribution in [3.05, 3.63) is 139 Å². The third kappa shape index (κ3) is 5.08. The molecule has 0 fully saturated rings. The van der Waals surface area contributed by atoms with Crippen molar-refractivity contribution in [3.8, 4) is 23.0 Å². The van der Waals surface area contributed by atoms with E-state index >= 15 is 0 Å². The Morgan fingerprint density at radius 2 is 1.26 bits per heavy atom. The van der Waals surface area contributed by atoms with Crippen LogP contribution < -0.4 is 20.7 Å². The van der Waals surface area contributed by atoms with Crippen LogP contribution in [0.4, 0.5) is 0 Å². The van der Waals surface area contributed by atoms with Crippen molar-refractivity contribution >= 4 is 21.9 Å². The highest BCUT2D eigenvalue weighted by Gasteiger charge is 2.33. The van der Waals surface area contributed by atoms with E-state index in [2.05, 4.69) is 0 Å². The van der Waals surface area contributed by atoms with Crippen molar-refractivity contribution in [2.45, 2.75) is 26.4 Å². The molecule has 2 aromatic heterocycles. The largest absolute Gasteiger partial charge is 0.507 e. The van der Waals surface area contributed by atoms with Crippen molar-refractivity contribution in [3.63, 3.8) is 0 Å². The Labute approximate surface area is 246 Å². The van der Waals surface area contributed by atoms with Gasteiger partial charge in [-0.15, -0.1) is 0 Å². The molecular weight excluding hydrogens is 548 g/mol. The molecule has 0 atom stereocenters. The number of rotatable bonds is 7. The second-order valence-electron chi connectivity index (χ2n) is 10.4. The molecule has 6 rings (SSSR count). The van der Waals surface area contributed by atoms with Crippen LogP contribution in [0.5, 0.6) is 23.0 Å². The first-order valence-electron chi connectivity index (χ1n) is 13.6. The zero-order valence-corrected chi connectivity index (χ0v) is 23.7. The van der Waals surface area contributed by atoms with Gasteiger partial charge >= 0.3 is 11.3 Å². The van der Waals surface area contributed by atoms with Crippen molar-refractivity contribution in [2.75, 3.05) is 7.11 Å². The van der Waals surface area contributed by atoms with Crippen LogP contribution in [-0.2, 0) is 6.61 Å². The standard InChI is InChI=1S/C35H28O8/c1-19-9-12-23-26(15-19)42-34(38)30(32(23)36)29(31-33(37)24-13-10-20(2)16-27(24)43-35(31)39)22-11-14-25(28(17-22)40-3)41-18-21-7-5-4-6-8-21/h4-17,29,36-37H,18H2,1-3H3. The zero-order valence-electron chi connectivity index (χ0n) is 23.7. The van der Waals surface area contributed by atoms with Gasteiger partial charge in [-0.25, -0.2) is 9.59 Å². The van der Waals surface area contributed by atoms with Crippen LogP contribution in [0.15, 0.2) is 103 Å². The average molecular weight is 577 g/mol. The molecule has 8 nitrogen and oxygen atoms in total. The molecule has 0 aliphatic heterocycles. The predicted octanol–water partition coefficient (Wildman–Crippen LogP) is 6.70. The first kappa shape index (κ1) is 27.7. The molecule has 216 valence electrons. The lowest BCUT2D eigenvalue weighted by Crippen LogP contribution is -2.21. The van der Waals surface area contributed by atoms with Gasteiger partial charge in [0.05, 0.1) is 34.9 Å². The van der Waals surface area contributed by atoms with Crippen LogP contribution in [0.25, 0.3) is 21.9 Å². The molecule has 43 heavy (non-hydrogen) atoms. The van der Waals surface area contributed by atoms with Gasteiger partial charge in [0.1, 0.15) is 29.3 Å². The van der Waals surface area contributed by atoms with E-state index < -0.39 is 17.2 Å². The third-order valence-electron chi connectivity index (χ3n) is 7.48. The van der Waals surface area contributed by atoms with E-state index in [1.54, 1.807) is 54.6 Å². The van der Waals surface area contributed by atoms with Crippen LogP contribution in [0.2, 0.25) is 0 Å². The van der Waals surface area contributed by atoms with Gasteiger partial charge in [0.2, 0.25) is 0 Å². The van der Waals surface area contributed by atoms with Crippen LogP contribution in [0.1, 0.15) is 39.3 Å². The molecule has 0 amide bonds. The summed E-state index contributed by atoms with van der Waals surface area (Å²) in [6.45, 7) is 3.95. The Hall–Kier alpha value is -5.50. The number of hydrogen-bond acceptors (Lipinski definition) is 8. The molecule has 0 aliphatic carbocycles.